The first-order chi connectivity index (χ1) is 11.2. The third kappa shape index (κ3) is 3.11. The molecule has 0 aromatic heterocycles. The third-order valence-electron chi connectivity index (χ3n) is 4.95. The molecule has 0 amide bonds. The van der Waals surface area contributed by atoms with Crippen LogP contribution in [0.2, 0.25) is 0 Å². The first-order valence-electron chi connectivity index (χ1n) is 8.23. The lowest BCUT2D eigenvalue weighted by Crippen LogP contribution is -2.43. The third-order valence-corrected chi connectivity index (χ3v) is 6.04. The predicted octanol–water partition coefficient (Wildman–Crippen LogP) is 3.67. The van der Waals surface area contributed by atoms with E-state index >= 15 is 0 Å². The molecule has 2 aromatic rings. The van der Waals surface area contributed by atoms with Gasteiger partial charge in [-0.05, 0) is 53.5 Å². The van der Waals surface area contributed by atoms with E-state index in [0.29, 0.717) is 5.92 Å². The van der Waals surface area contributed by atoms with Gasteiger partial charge < -0.3 is 4.55 Å². The van der Waals surface area contributed by atoms with Crippen LogP contribution >= 0.6 is 0 Å². The van der Waals surface area contributed by atoms with Crippen LogP contribution in [0.5, 0.6) is 0 Å². The second kappa shape index (κ2) is 6.19. The molecule has 0 bridgehead atoms. The second-order valence-electron chi connectivity index (χ2n) is 6.57. The van der Waals surface area contributed by atoms with Gasteiger partial charge in [0.15, 0.2) is 11.1 Å². The molecule has 4 heteroatoms. The molecular formula is C19H21NO2S. The Hall–Kier alpha value is -1.49. The van der Waals surface area contributed by atoms with Crippen molar-refractivity contribution in [3.05, 3.63) is 59.7 Å². The molecule has 2 aliphatic rings. The minimum Gasteiger partial charge on any atom is -0.305 e. The Balaban J connectivity index is 1.62. The lowest BCUT2D eigenvalue weighted by atomic mass is 9.94. The van der Waals surface area contributed by atoms with E-state index in [1.54, 1.807) is 0 Å². The van der Waals surface area contributed by atoms with Gasteiger partial charge in [0.05, 0.1) is 0 Å². The van der Waals surface area contributed by atoms with Crippen molar-refractivity contribution in [3.63, 3.8) is 0 Å². The fourth-order valence-electron chi connectivity index (χ4n) is 3.58. The highest BCUT2D eigenvalue weighted by Gasteiger charge is 2.40. The van der Waals surface area contributed by atoms with E-state index < -0.39 is 11.1 Å². The average Bonchev–Trinajstić information content (AvgIpc) is 3.39. The van der Waals surface area contributed by atoms with Crippen LogP contribution in [0.25, 0.3) is 11.1 Å². The summed E-state index contributed by atoms with van der Waals surface area (Å²) in [7, 11) is 0. The summed E-state index contributed by atoms with van der Waals surface area (Å²) in [4.78, 5) is 2.21. The SMILES string of the molecule is O=S(O)C(C1CC1)N1CCc2ccc(-c3ccccc3)cc2C1. The molecule has 23 heavy (non-hydrogen) atoms. The van der Waals surface area contributed by atoms with E-state index in [-0.39, 0.29) is 5.37 Å². The molecule has 2 aromatic carbocycles. The van der Waals surface area contributed by atoms with Gasteiger partial charge in [0.1, 0.15) is 5.37 Å². The van der Waals surface area contributed by atoms with E-state index in [0.717, 1.165) is 32.4 Å². The van der Waals surface area contributed by atoms with E-state index in [2.05, 4.69) is 47.4 Å². The molecule has 2 atom stereocenters. The monoisotopic (exact) mass is 327 g/mol. The first kappa shape index (κ1) is 15.1. The lowest BCUT2D eigenvalue weighted by molar-refractivity contribution is 0.210. The summed E-state index contributed by atoms with van der Waals surface area (Å²) in [5, 5.41) is -0.191. The minimum atomic E-state index is -1.76. The number of nitrogens with zero attached hydrogens (tertiary/aromatic N) is 1. The predicted molar refractivity (Wildman–Crippen MR) is 93.3 cm³/mol. The molecule has 1 N–H and O–H groups in total. The molecule has 0 spiro atoms. The molecule has 2 unspecified atom stereocenters. The molecule has 1 aliphatic carbocycles. The quantitative estimate of drug-likeness (QED) is 0.871. The minimum absolute atomic E-state index is 0.191. The Labute approximate surface area is 139 Å². The van der Waals surface area contributed by atoms with Gasteiger partial charge in [-0.25, -0.2) is 4.21 Å². The topological polar surface area (TPSA) is 40.5 Å². The molecule has 1 fully saturated rings. The Morgan fingerprint density at radius 2 is 1.83 bits per heavy atom. The van der Waals surface area contributed by atoms with Crippen LogP contribution in [-0.2, 0) is 24.0 Å². The van der Waals surface area contributed by atoms with Gasteiger partial charge in [-0.15, -0.1) is 0 Å². The summed E-state index contributed by atoms with van der Waals surface area (Å²) in [6.07, 6.45) is 3.14. The average molecular weight is 327 g/mol. The van der Waals surface area contributed by atoms with Crippen molar-refractivity contribution in [2.24, 2.45) is 5.92 Å². The molecule has 3 nitrogen and oxygen atoms in total. The number of benzene rings is 2. The Morgan fingerprint density at radius 3 is 2.52 bits per heavy atom. The fraction of sp³-hybridized carbons (Fsp3) is 0.368. The van der Waals surface area contributed by atoms with Gasteiger partial charge in [-0.1, -0.05) is 42.5 Å². The van der Waals surface area contributed by atoms with Crippen LogP contribution in [0.4, 0.5) is 0 Å². The molecule has 1 saturated carbocycles. The van der Waals surface area contributed by atoms with Crippen LogP contribution in [0.1, 0.15) is 24.0 Å². The fourth-order valence-corrected chi connectivity index (χ4v) is 4.61. The Bertz CT molecular complexity index is 727. The van der Waals surface area contributed by atoms with Crippen molar-refractivity contribution in [2.45, 2.75) is 31.2 Å². The number of hydrogen-bond acceptors (Lipinski definition) is 2. The standard InChI is InChI=1S/C19H21NO2S/c21-23(22)19(16-7-8-16)20-11-10-15-6-9-17(12-18(15)13-20)14-4-2-1-3-5-14/h1-6,9,12,16,19H,7-8,10-11,13H2,(H,21,22). The van der Waals surface area contributed by atoms with Gasteiger partial charge in [0, 0.05) is 13.1 Å². The van der Waals surface area contributed by atoms with Crippen molar-refractivity contribution >= 4 is 11.1 Å². The maximum Gasteiger partial charge on any atom is 0.171 e. The molecular weight excluding hydrogens is 306 g/mol. The smallest absolute Gasteiger partial charge is 0.171 e. The van der Waals surface area contributed by atoms with Crippen LogP contribution in [0.3, 0.4) is 0 Å². The molecule has 1 heterocycles. The number of rotatable bonds is 4. The van der Waals surface area contributed by atoms with E-state index in [9.17, 15) is 8.76 Å². The largest absolute Gasteiger partial charge is 0.305 e. The Kier molecular flexibility index (Phi) is 4.05. The molecule has 120 valence electrons. The maximum atomic E-state index is 11.8. The number of hydrogen-bond donors (Lipinski definition) is 1. The molecule has 0 saturated heterocycles. The van der Waals surface area contributed by atoms with Crippen molar-refractivity contribution in [3.8, 4) is 11.1 Å². The molecule has 0 radical (unpaired) electrons. The summed E-state index contributed by atoms with van der Waals surface area (Å²) >= 11 is -1.76. The maximum absolute atomic E-state index is 11.8. The van der Waals surface area contributed by atoms with Crippen molar-refractivity contribution in [1.82, 2.24) is 4.90 Å². The highest BCUT2D eigenvalue weighted by Crippen LogP contribution is 2.38. The van der Waals surface area contributed by atoms with E-state index in [1.807, 2.05) is 6.07 Å². The first-order valence-corrected chi connectivity index (χ1v) is 9.40. The highest BCUT2D eigenvalue weighted by atomic mass is 32.2. The van der Waals surface area contributed by atoms with Crippen molar-refractivity contribution < 1.29 is 8.76 Å². The number of fused-ring (bicyclic) bond motifs is 1. The second-order valence-corrected chi connectivity index (χ2v) is 7.61. The van der Waals surface area contributed by atoms with Gasteiger partial charge in [0.25, 0.3) is 0 Å². The van der Waals surface area contributed by atoms with E-state index in [4.69, 9.17) is 0 Å². The summed E-state index contributed by atoms with van der Waals surface area (Å²) in [6, 6.07) is 17.0. The summed E-state index contributed by atoms with van der Waals surface area (Å²) in [5.41, 5.74) is 5.11. The summed E-state index contributed by atoms with van der Waals surface area (Å²) < 4.78 is 21.4. The highest BCUT2D eigenvalue weighted by molar-refractivity contribution is 7.79. The van der Waals surface area contributed by atoms with Crippen LogP contribution in [-0.4, -0.2) is 25.6 Å². The van der Waals surface area contributed by atoms with Gasteiger partial charge in [-0.3, -0.25) is 4.90 Å². The zero-order valence-electron chi connectivity index (χ0n) is 13.0. The van der Waals surface area contributed by atoms with Crippen LogP contribution in [0.15, 0.2) is 48.5 Å². The van der Waals surface area contributed by atoms with Gasteiger partial charge >= 0.3 is 0 Å². The molecule has 1 aliphatic heterocycles. The zero-order chi connectivity index (χ0) is 15.8. The van der Waals surface area contributed by atoms with E-state index in [1.165, 1.54) is 22.3 Å². The Morgan fingerprint density at radius 1 is 1.04 bits per heavy atom. The van der Waals surface area contributed by atoms with Crippen LogP contribution in [0, 0.1) is 5.92 Å². The van der Waals surface area contributed by atoms with Crippen molar-refractivity contribution in [2.75, 3.05) is 6.54 Å². The lowest BCUT2D eigenvalue weighted by Gasteiger charge is -2.34. The summed E-state index contributed by atoms with van der Waals surface area (Å²) in [6.45, 7) is 1.66. The van der Waals surface area contributed by atoms with Crippen LogP contribution < -0.4 is 0 Å². The van der Waals surface area contributed by atoms with Crippen molar-refractivity contribution in [1.29, 1.82) is 0 Å². The zero-order valence-corrected chi connectivity index (χ0v) is 13.8. The van der Waals surface area contributed by atoms with Gasteiger partial charge in [-0.2, -0.15) is 0 Å². The normalized spacial score (nSPS) is 20.7. The summed E-state index contributed by atoms with van der Waals surface area (Å²) in [5.74, 6) is 0.402. The van der Waals surface area contributed by atoms with Gasteiger partial charge in [0.2, 0.25) is 0 Å². The molecule has 4 rings (SSSR count).